The molecule has 0 spiro atoms. The van der Waals surface area contributed by atoms with Crippen molar-refractivity contribution >= 4 is 36.9 Å². The van der Waals surface area contributed by atoms with Gasteiger partial charge in [-0.05, 0) is 58.2 Å². The van der Waals surface area contributed by atoms with E-state index in [-0.39, 0.29) is 11.0 Å². The van der Waals surface area contributed by atoms with Crippen molar-refractivity contribution < 1.29 is 21.9 Å². The highest BCUT2D eigenvalue weighted by molar-refractivity contribution is 9.10. The summed E-state index contributed by atoms with van der Waals surface area (Å²) < 4.78 is 59.3. The number of benzene rings is 2. The second-order valence-corrected chi connectivity index (χ2v) is 8.16. The molecule has 26 heavy (non-hydrogen) atoms. The second-order valence-electron chi connectivity index (χ2n) is 5.57. The summed E-state index contributed by atoms with van der Waals surface area (Å²) in [4.78, 5) is 2.37. The maximum atomic E-state index is 13.9. The van der Waals surface area contributed by atoms with Gasteiger partial charge in [-0.3, -0.25) is 0 Å². The van der Waals surface area contributed by atoms with Crippen LogP contribution in [0.25, 0.3) is 10.9 Å². The number of H-pyrrole nitrogens is 1. The number of methoxy groups -OCH3 is 1. The quantitative estimate of drug-likeness (QED) is 0.568. The summed E-state index contributed by atoms with van der Waals surface area (Å²) in [7, 11) is -2.61. The van der Waals surface area contributed by atoms with Gasteiger partial charge in [0.2, 0.25) is 10.0 Å². The van der Waals surface area contributed by atoms with Gasteiger partial charge in [0.1, 0.15) is 22.3 Å². The number of ether oxygens (including phenoxy) is 1. The van der Waals surface area contributed by atoms with Gasteiger partial charge in [0.05, 0.1) is 11.6 Å². The van der Waals surface area contributed by atoms with Gasteiger partial charge in [-0.2, -0.15) is 0 Å². The zero-order valence-electron chi connectivity index (χ0n) is 13.6. The fourth-order valence-electron chi connectivity index (χ4n) is 2.60. The van der Waals surface area contributed by atoms with Gasteiger partial charge in [-0.15, -0.1) is 0 Å². The van der Waals surface area contributed by atoms with Crippen LogP contribution in [0.1, 0.15) is 5.56 Å². The predicted molar refractivity (Wildman–Crippen MR) is 97.8 cm³/mol. The molecule has 0 aliphatic carbocycles. The number of fused-ring (bicyclic) bond motifs is 1. The number of hydrogen-bond donors (Lipinski definition) is 2. The molecule has 0 saturated carbocycles. The molecule has 0 aliphatic rings. The lowest BCUT2D eigenvalue weighted by molar-refractivity contribution is 0.415. The summed E-state index contributed by atoms with van der Waals surface area (Å²) in [6.45, 7) is 0.0314. The molecule has 2 N–H and O–H groups in total. The van der Waals surface area contributed by atoms with Gasteiger partial charge in [0.25, 0.3) is 0 Å². The fraction of sp³-hybridized carbons (Fsp3) is 0.176. The number of hydrogen-bond acceptors (Lipinski definition) is 3. The molecule has 0 fully saturated rings. The SMILES string of the molecule is COc1ccc2[nH]cc(CCNS(=O)(=O)c3cc(F)c(Br)cc3F)c2c1. The van der Waals surface area contributed by atoms with Crippen LogP contribution in [0, 0.1) is 11.6 Å². The monoisotopic (exact) mass is 444 g/mol. The maximum absolute atomic E-state index is 13.9. The minimum atomic E-state index is -4.17. The molecule has 0 amide bonds. The van der Waals surface area contributed by atoms with E-state index in [9.17, 15) is 17.2 Å². The van der Waals surface area contributed by atoms with E-state index >= 15 is 0 Å². The maximum Gasteiger partial charge on any atom is 0.243 e. The molecule has 0 saturated heterocycles. The Bertz CT molecular complexity index is 1070. The van der Waals surface area contributed by atoms with Crippen LogP contribution in [0.4, 0.5) is 8.78 Å². The molecule has 0 unspecified atom stereocenters. The lowest BCUT2D eigenvalue weighted by atomic mass is 10.1. The summed E-state index contributed by atoms with van der Waals surface area (Å²) in [5.74, 6) is -1.19. The number of aromatic amines is 1. The van der Waals surface area contributed by atoms with Gasteiger partial charge in [-0.1, -0.05) is 0 Å². The first-order chi connectivity index (χ1) is 12.3. The van der Waals surface area contributed by atoms with Crippen molar-refractivity contribution in [2.75, 3.05) is 13.7 Å². The van der Waals surface area contributed by atoms with Gasteiger partial charge >= 0.3 is 0 Å². The summed E-state index contributed by atoms with van der Waals surface area (Å²) in [6.07, 6.45) is 2.14. The van der Waals surface area contributed by atoms with Crippen molar-refractivity contribution in [1.29, 1.82) is 0 Å². The molecule has 0 bridgehead atoms. The first-order valence-corrected chi connectivity index (χ1v) is 9.87. The third-order valence-corrected chi connectivity index (χ3v) is 6.01. The van der Waals surface area contributed by atoms with E-state index in [0.717, 1.165) is 22.5 Å². The molecule has 0 radical (unpaired) electrons. The molecular weight excluding hydrogens is 430 g/mol. The third-order valence-electron chi connectivity index (χ3n) is 3.93. The largest absolute Gasteiger partial charge is 0.497 e. The number of rotatable bonds is 6. The van der Waals surface area contributed by atoms with Crippen molar-refractivity contribution in [2.24, 2.45) is 0 Å². The first-order valence-electron chi connectivity index (χ1n) is 7.60. The number of nitrogens with one attached hydrogen (secondary N) is 2. The Balaban J connectivity index is 1.76. The average Bonchev–Trinajstić information content (AvgIpc) is 3.00. The lowest BCUT2D eigenvalue weighted by Crippen LogP contribution is -2.27. The fourth-order valence-corrected chi connectivity index (χ4v) is 4.02. The van der Waals surface area contributed by atoms with E-state index < -0.39 is 26.6 Å². The smallest absolute Gasteiger partial charge is 0.243 e. The van der Waals surface area contributed by atoms with Crippen molar-refractivity contribution in [3.8, 4) is 5.75 Å². The Morgan fingerprint density at radius 1 is 1.19 bits per heavy atom. The van der Waals surface area contributed by atoms with E-state index in [1.807, 2.05) is 18.2 Å². The highest BCUT2D eigenvalue weighted by Gasteiger charge is 2.21. The van der Waals surface area contributed by atoms with Gasteiger partial charge in [0, 0.05) is 23.6 Å². The van der Waals surface area contributed by atoms with E-state index in [1.165, 1.54) is 0 Å². The van der Waals surface area contributed by atoms with E-state index in [4.69, 9.17) is 4.74 Å². The Kier molecular flexibility index (Phi) is 5.31. The molecule has 3 rings (SSSR count). The molecule has 138 valence electrons. The van der Waals surface area contributed by atoms with Crippen LogP contribution < -0.4 is 9.46 Å². The molecular formula is C17H15BrF2N2O3S. The van der Waals surface area contributed by atoms with E-state index in [2.05, 4.69) is 25.6 Å². The van der Waals surface area contributed by atoms with Crippen molar-refractivity contribution in [1.82, 2.24) is 9.71 Å². The third kappa shape index (κ3) is 3.74. The first kappa shape index (κ1) is 18.8. The molecule has 0 aliphatic heterocycles. The highest BCUT2D eigenvalue weighted by Crippen LogP contribution is 2.25. The predicted octanol–water partition coefficient (Wildman–Crippen LogP) is 3.74. The van der Waals surface area contributed by atoms with Crippen molar-refractivity contribution in [3.63, 3.8) is 0 Å². The number of halogens is 3. The Morgan fingerprint density at radius 3 is 2.69 bits per heavy atom. The summed E-state index contributed by atoms with van der Waals surface area (Å²) in [6, 6.07) is 6.96. The minimum Gasteiger partial charge on any atom is -0.497 e. The molecule has 3 aromatic rings. The molecule has 0 atom stereocenters. The number of sulfonamides is 1. The van der Waals surface area contributed by atoms with Crippen LogP contribution in [-0.4, -0.2) is 27.1 Å². The standard InChI is InChI=1S/C17H15BrF2N2O3S/c1-25-11-2-3-16-12(6-11)10(9-21-16)4-5-22-26(23,24)17-8-14(19)13(18)7-15(17)20/h2-3,6-9,21-22H,4-5H2,1H3. The van der Waals surface area contributed by atoms with Crippen molar-refractivity contribution in [2.45, 2.75) is 11.3 Å². The molecule has 2 aromatic carbocycles. The van der Waals surface area contributed by atoms with Gasteiger partial charge in [0.15, 0.2) is 0 Å². The molecule has 1 heterocycles. The van der Waals surface area contributed by atoms with E-state index in [0.29, 0.717) is 18.2 Å². The van der Waals surface area contributed by atoms with Crippen LogP contribution in [-0.2, 0) is 16.4 Å². The van der Waals surface area contributed by atoms with Crippen LogP contribution in [0.2, 0.25) is 0 Å². The number of aromatic nitrogens is 1. The topological polar surface area (TPSA) is 71.2 Å². The van der Waals surface area contributed by atoms with Crippen LogP contribution in [0.15, 0.2) is 45.9 Å². The summed E-state index contributed by atoms with van der Waals surface area (Å²) in [5.41, 5.74) is 1.77. The van der Waals surface area contributed by atoms with E-state index in [1.54, 1.807) is 13.3 Å². The zero-order valence-corrected chi connectivity index (χ0v) is 16.0. The van der Waals surface area contributed by atoms with Gasteiger partial charge in [-0.25, -0.2) is 21.9 Å². The molecule has 1 aromatic heterocycles. The summed E-state index contributed by atoms with van der Waals surface area (Å²) in [5, 5.41) is 0.907. The zero-order chi connectivity index (χ0) is 18.9. The normalized spacial score (nSPS) is 11.8. The van der Waals surface area contributed by atoms with Crippen LogP contribution >= 0.6 is 15.9 Å². The molecule has 9 heteroatoms. The Morgan fingerprint density at radius 2 is 1.96 bits per heavy atom. The Labute approximate surface area is 157 Å². The lowest BCUT2D eigenvalue weighted by Gasteiger charge is -2.08. The second kappa shape index (κ2) is 7.34. The molecule has 5 nitrogen and oxygen atoms in total. The van der Waals surface area contributed by atoms with Crippen LogP contribution in [0.5, 0.6) is 5.75 Å². The van der Waals surface area contributed by atoms with Crippen LogP contribution in [0.3, 0.4) is 0 Å². The Hall–Kier alpha value is -1.97. The highest BCUT2D eigenvalue weighted by atomic mass is 79.9. The van der Waals surface area contributed by atoms with Gasteiger partial charge < -0.3 is 9.72 Å². The summed E-state index contributed by atoms with van der Waals surface area (Å²) >= 11 is 2.82. The van der Waals surface area contributed by atoms with Crippen molar-refractivity contribution in [3.05, 3.63) is 58.2 Å². The average molecular weight is 445 g/mol. The minimum absolute atomic E-state index is 0.0314.